The van der Waals surface area contributed by atoms with Crippen molar-refractivity contribution in [1.82, 2.24) is 5.32 Å². The summed E-state index contributed by atoms with van der Waals surface area (Å²) in [5.74, 6) is 1.91. The van der Waals surface area contributed by atoms with E-state index in [1.807, 2.05) is 12.1 Å². The average molecular weight is 247 g/mol. The van der Waals surface area contributed by atoms with Gasteiger partial charge in [0.15, 0.2) is 0 Å². The van der Waals surface area contributed by atoms with Crippen molar-refractivity contribution in [3.63, 3.8) is 0 Å². The molecule has 0 radical (unpaired) electrons. The van der Waals surface area contributed by atoms with Crippen LogP contribution in [-0.4, -0.2) is 13.2 Å². The minimum atomic E-state index is 0.456. The van der Waals surface area contributed by atoms with Gasteiger partial charge in [-0.1, -0.05) is 20.8 Å². The van der Waals surface area contributed by atoms with Crippen LogP contribution in [0.3, 0.4) is 0 Å². The van der Waals surface area contributed by atoms with Crippen molar-refractivity contribution in [2.75, 3.05) is 7.11 Å². The molecule has 2 aromatic rings. The molecule has 98 valence electrons. The van der Waals surface area contributed by atoms with Gasteiger partial charge in [-0.05, 0) is 24.6 Å². The van der Waals surface area contributed by atoms with Crippen LogP contribution in [-0.2, 0) is 13.0 Å². The van der Waals surface area contributed by atoms with E-state index in [1.54, 1.807) is 7.11 Å². The highest BCUT2D eigenvalue weighted by atomic mass is 16.5. The predicted octanol–water partition coefficient (Wildman–Crippen LogP) is 3.50. The Kier molecular flexibility index (Phi) is 3.92. The molecule has 0 atom stereocenters. The van der Waals surface area contributed by atoms with Crippen LogP contribution in [0.4, 0.5) is 0 Å². The second-order valence-electron chi connectivity index (χ2n) is 4.76. The molecule has 1 aromatic heterocycles. The van der Waals surface area contributed by atoms with E-state index in [0.29, 0.717) is 6.04 Å². The molecule has 3 heteroatoms. The van der Waals surface area contributed by atoms with E-state index in [9.17, 15) is 0 Å². The van der Waals surface area contributed by atoms with Crippen LogP contribution >= 0.6 is 0 Å². The molecular weight excluding hydrogens is 226 g/mol. The van der Waals surface area contributed by atoms with Gasteiger partial charge in [-0.3, -0.25) is 0 Å². The lowest BCUT2D eigenvalue weighted by Crippen LogP contribution is -2.22. The van der Waals surface area contributed by atoms with Crippen molar-refractivity contribution in [2.45, 2.75) is 39.8 Å². The molecule has 1 aromatic carbocycles. The van der Waals surface area contributed by atoms with E-state index >= 15 is 0 Å². The molecule has 1 heterocycles. The van der Waals surface area contributed by atoms with Crippen LogP contribution in [0.15, 0.2) is 22.6 Å². The Hall–Kier alpha value is -1.48. The van der Waals surface area contributed by atoms with Crippen LogP contribution in [0.5, 0.6) is 5.75 Å². The molecular formula is C15H21NO2. The molecule has 0 saturated heterocycles. The van der Waals surface area contributed by atoms with Crippen molar-refractivity contribution in [1.29, 1.82) is 0 Å². The second kappa shape index (κ2) is 5.44. The standard InChI is InChI=1S/C15H21NO2/c1-5-12-13-8-11(17-4)6-7-14(13)18-15(12)9-16-10(2)3/h6-8,10,16H,5,9H2,1-4H3. The summed E-state index contributed by atoms with van der Waals surface area (Å²) in [6.45, 7) is 7.20. The Morgan fingerprint density at radius 2 is 2.11 bits per heavy atom. The number of rotatable bonds is 5. The Balaban J connectivity index is 2.41. The number of nitrogens with one attached hydrogen (secondary N) is 1. The molecule has 0 aliphatic carbocycles. The topological polar surface area (TPSA) is 34.4 Å². The third kappa shape index (κ3) is 2.51. The van der Waals surface area contributed by atoms with Gasteiger partial charge >= 0.3 is 0 Å². The average Bonchev–Trinajstić information content (AvgIpc) is 2.72. The fourth-order valence-electron chi connectivity index (χ4n) is 2.13. The van der Waals surface area contributed by atoms with E-state index in [0.717, 1.165) is 35.4 Å². The molecule has 1 N–H and O–H groups in total. The smallest absolute Gasteiger partial charge is 0.134 e. The highest BCUT2D eigenvalue weighted by Crippen LogP contribution is 2.29. The number of hydrogen-bond acceptors (Lipinski definition) is 3. The lowest BCUT2D eigenvalue weighted by atomic mass is 10.1. The first kappa shape index (κ1) is 13.0. The lowest BCUT2D eigenvalue weighted by molar-refractivity contribution is 0.415. The molecule has 0 spiro atoms. The normalized spacial score (nSPS) is 11.4. The van der Waals surface area contributed by atoms with Gasteiger partial charge in [0.25, 0.3) is 0 Å². The second-order valence-corrected chi connectivity index (χ2v) is 4.76. The highest BCUT2D eigenvalue weighted by molar-refractivity contribution is 5.83. The summed E-state index contributed by atoms with van der Waals surface area (Å²) in [7, 11) is 1.69. The van der Waals surface area contributed by atoms with E-state index in [2.05, 4.69) is 32.2 Å². The zero-order chi connectivity index (χ0) is 13.1. The van der Waals surface area contributed by atoms with Crippen LogP contribution in [0.25, 0.3) is 11.0 Å². The maximum atomic E-state index is 5.92. The maximum Gasteiger partial charge on any atom is 0.134 e. The fourth-order valence-corrected chi connectivity index (χ4v) is 2.13. The molecule has 0 fully saturated rings. The molecule has 0 amide bonds. The van der Waals surface area contributed by atoms with Crippen molar-refractivity contribution in [3.8, 4) is 5.75 Å². The molecule has 0 aliphatic heterocycles. The number of furan rings is 1. The summed E-state index contributed by atoms with van der Waals surface area (Å²) in [6.07, 6.45) is 0.968. The van der Waals surface area contributed by atoms with Crippen molar-refractivity contribution < 1.29 is 9.15 Å². The third-order valence-corrected chi connectivity index (χ3v) is 3.11. The molecule has 0 saturated carbocycles. The number of ether oxygens (including phenoxy) is 1. The van der Waals surface area contributed by atoms with Crippen LogP contribution in [0.2, 0.25) is 0 Å². The van der Waals surface area contributed by atoms with Gasteiger partial charge in [-0.2, -0.15) is 0 Å². The summed E-state index contributed by atoms with van der Waals surface area (Å²) in [6, 6.07) is 6.42. The summed E-state index contributed by atoms with van der Waals surface area (Å²) >= 11 is 0. The van der Waals surface area contributed by atoms with Gasteiger partial charge in [-0.15, -0.1) is 0 Å². The van der Waals surface area contributed by atoms with E-state index in [-0.39, 0.29) is 0 Å². The van der Waals surface area contributed by atoms with Crippen molar-refractivity contribution in [2.24, 2.45) is 0 Å². The number of aryl methyl sites for hydroxylation is 1. The first-order valence-corrected chi connectivity index (χ1v) is 6.47. The molecule has 3 nitrogen and oxygen atoms in total. The van der Waals surface area contributed by atoms with E-state index in [1.165, 1.54) is 5.56 Å². The molecule has 18 heavy (non-hydrogen) atoms. The molecule has 2 rings (SSSR count). The van der Waals surface area contributed by atoms with E-state index < -0.39 is 0 Å². The Morgan fingerprint density at radius 3 is 2.72 bits per heavy atom. The van der Waals surface area contributed by atoms with Gasteiger partial charge in [-0.25, -0.2) is 0 Å². The number of methoxy groups -OCH3 is 1. The number of hydrogen-bond donors (Lipinski definition) is 1. The molecule has 0 bridgehead atoms. The Bertz CT molecular complexity index is 529. The van der Waals surface area contributed by atoms with Gasteiger partial charge in [0.2, 0.25) is 0 Å². The minimum Gasteiger partial charge on any atom is -0.497 e. The molecule has 0 unspecified atom stereocenters. The SMILES string of the molecule is CCc1c(CNC(C)C)oc2ccc(OC)cc12. The van der Waals surface area contributed by atoms with Crippen LogP contribution in [0, 0.1) is 0 Å². The third-order valence-electron chi connectivity index (χ3n) is 3.11. The molecule has 0 aliphatic rings. The van der Waals surface area contributed by atoms with Gasteiger partial charge in [0.05, 0.1) is 13.7 Å². The van der Waals surface area contributed by atoms with Gasteiger partial charge in [0.1, 0.15) is 17.1 Å². The maximum absolute atomic E-state index is 5.92. The lowest BCUT2D eigenvalue weighted by Gasteiger charge is -2.06. The monoisotopic (exact) mass is 247 g/mol. The number of benzene rings is 1. The van der Waals surface area contributed by atoms with Crippen LogP contribution in [0.1, 0.15) is 32.1 Å². The Morgan fingerprint density at radius 1 is 1.33 bits per heavy atom. The van der Waals surface area contributed by atoms with Crippen LogP contribution < -0.4 is 10.1 Å². The minimum absolute atomic E-state index is 0.456. The number of fused-ring (bicyclic) bond motifs is 1. The summed E-state index contributed by atoms with van der Waals surface area (Å²) in [5, 5.41) is 4.57. The summed E-state index contributed by atoms with van der Waals surface area (Å²) in [5.41, 5.74) is 2.21. The first-order valence-electron chi connectivity index (χ1n) is 6.47. The summed E-state index contributed by atoms with van der Waals surface area (Å²) < 4.78 is 11.2. The van der Waals surface area contributed by atoms with Crippen molar-refractivity contribution in [3.05, 3.63) is 29.5 Å². The zero-order valence-electron chi connectivity index (χ0n) is 11.5. The van der Waals surface area contributed by atoms with Gasteiger partial charge in [0, 0.05) is 17.0 Å². The fraction of sp³-hybridized carbons (Fsp3) is 0.467. The predicted molar refractivity (Wildman–Crippen MR) is 74.1 cm³/mol. The highest BCUT2D eigenvalue weighted by Gasteiger charge is 2.13. The largest absolute Gasteiger partial charge is 0.497 e. The zero-order valence-corrected chi connectivity index (χ0v) is 11.5. The first-order chi connectivity index (χ1) is 8.65. The van der Waals surface area contributed by atoms with Gasteiger partial charge < -0.3 is 14.5 Å². The van der Waals surface area contributed by atoms with Crippen molar-refractivity contribution >= 4 is 11.0 Å². The van der Waals surface area contributed by atoms with E-state index in [4.69, 9.17) is 9.15 Å². The quantitative estimate of drug-likeness (QED) is 0.878. The Labute approximate surface area is 108 Å². The summed E-state index contributed by atoms with van der Waals surface area (Å²) in [4.78, 5) is 0.